The first-order chi connectivity index (χ1) is 9.83. The number of hydrogen-bond acceptors (Lipinski definition) is 4. The molecule has 0 aliphatic heterocycles. The third kappa shape index (κ3) is 3.46. The Kier molecular flexibility index (Phi) is 4.14. The lowest BCUT2D eigenvalue weighted by atomic mass is 10.1. The van der Waals surface area contributed by atoms with Crippen LogP contribution in [0.15, 0.2) is 47.2 Å². The molecule has 3 rings (SSSR count). The first kappa shape index (κ1) is 13.3. The molecule has 2 unspecified atom stereocenters. The number of furan rings is 1. The molecule has 2 aromatic rings. The van der Waals surface area contributed by atoms with Crippen molar-refractivity contribution in [1.82, 2.24) is 10.3 Å². The summed E-state index contributed by atoms with van der Waals surface area (Å²) in [7, 11) is 0. The number of aliphatic hydroxyl groups is 1. The van der Waals surface area contributed by atoms with Crippen molar-refractivity contribution in [3.8, 4) is 0 Å². The second-order valence-corrected chi connectivity index (χ2v) is 5.41. The van der Waals surface area contributed by atoms with Gasteiger partial charge in [-0.3, -0.25) is 4.98 Å². The first-order valence-corrected chi connectivity index (χ1v) is 7.17. The monoisotopic (exact) mass is 272 g/mol. The van der Waals surface area contributed by atoms with Crippen LogP contribution in [0.1, 0.15) is 30.4 Å². The summed E-state index contributed by atoms with van der Waals surface area (Å²) in [4.78, 5) is 4.38. The van der Waals surface area contributed by atoms with Crippen molar-refractivity contribution in [2.24, 2.45) is 5.92 Å². The minimum Gasteiger partial charge on any atom is -0.467 e. The van der Waals surface area contributed by atoms with Gasteiger partial charge in [0.2, 0.25) is 0 Å². The van der Waals surface area contributed by atoms with E-state index in [2.05, 4.69) is 16.4 Å². The van der Waals surface area contributed by atoms with Gasteiger partial charge in [-0.15, -0.1) is 0 Å². The molecule has 106 valence electrons. The largest absolute Gasteiger partial charge is 0.467 e. The lowest BCUT2D eigenvalue weighted by Crippen LogP contribution is -2.36. The Hall–Kier alpha value is -1.65. The number of nitrogens with zero attached hydrogens (tertiary/aromatic N) is 1. The second-order valence-electron chi connectivity index (χ2n) is 5.41. The van der Waals surface area contributed by atoms with Crippen LogP contribution in [0.2, 0.25) is 0 Å². The van der Waals surface area contributed by atoms with Crippen molar-refractivity contribution >= 4 is 0 Å². The van der Waals surface area contributed by atoms with Gasteiger partial charge in [0.15, 0.2) is 0 Å². The molecule has 20 heavy (non-hydrogen) atoms. The van der Waals surface area contributed by atoms with Crippen LogP contribution in [-0.2, 0) is 6.42 Å². The topological polar surface area (TPSA) is 58.3 Å². The van der Waals surface area contributed by atoms with Crippen LogP contribution >= 0.6 is 0 Å². The summed E-state index contributed by atoms with van der Waals surface area (Å²) in [6, 6.07) is 9.99. The Morgan fingerprint density at radius 3 is 2.85 bits per heavy atom. The summed E-state index contributed by atoms with van der Waals surface area (Å²) in [5.74, 6) is 1.32. The molecular formula is C16H20N2O2. The van der Waals surface area contributed by atoms with Crippen LogP contribution in [0.4, 0.5) is 0 Å². The van der Waals surface area contributed by atoms with Crippen molar-refractivity contribution in [2.45, 2.75) is 31.4 Å². The molecule has 2 heterocycles. The van der Waals surface area contributed by atoms with Crippen molar-refractivity contribution in [1.29, 1.82) is 0 Å². The van der Waals surface area contributed by atoms with Gasteiger partial charge in [0.05, 0.1) is 6.26 Å². The molecule has 0 spiro atoms. The van der Waals surface area contributed by atoms with E-state index in [0.29, 0.717) is 24.3 Å². The van der Waals surface area contributed by atoms with E-state index in [1.165, 1.54) is 12.8 Å². The van der Waals surface area contributed by atoms with E-state index in [9.17, 15) is 5.11 Å². The van der Waals surface area contributed by atoms with E-state index in [0.717, 1.165) is 12.1 Å². The van der Waals surface area contributed by atoms with Crippen LogP contribution in [0.25, 0.3) is 0 Å². The Morgan fingerprint density at radius 2 is 2.20 bits per heavy atom. The quantitative estimate of drug-likeness (QED) is 0.812. The van der Waals surface area contributed by atoms with Crippen LogP contribution in [-0.4, -0.2) is 22.7 Å². The first-order valence-electron chi connectivity index (χ1n) is 7.17. The highest BCUT2D eigenvalue weighted by molar-refractivity contribution is 5.08. The lowest BCUT2D eigenvalue weighted by Gasteiger charge is -2.19. The smallest absolute Gasteiger partial charge is 0.133 e. The van der Waals surface area contributed by atoms with E-state index in [1.54, 1.807) is 18.4 Å². The molecular weight excluding hydrogens is 252 g/mol. The third-order valence-corrected chi connectivity index (χ3v) is 3.79. The maximum absolute atomic E-state index is 10.1. The van der Waals surface area contributed by atoms with Crippen molar-refractivity contribution in [3.63, 3.8) is 0 Å². The number of rotatable bonds is 7. The van der Waals surface area contributed by atoms with Gasteiger partial charge in [-0.1, -0.05) is 6.07 Å². The average molecular weight is 272 g/mol. The molecule has 0 bridgehead atoms. The fourth-order valence-electron chi connectivity index (χ4n) is 2.49. The molecule has 2 atom stereocenters. The molecule has 4 heteroatoms. The summed E-state index contributed by atoms with van der Waals surface area (Å²) >= 11 is 0. The van der Waals surface area contributed by atoms with Gasteiger partial charge in [-0.25, -0.2) is 0 Å². The van der Waals surface area contributed by atoms with E-state index in [1.807, 2.05) is 18.3 Å². The zero-order valence-corrected chi connectivity index (χ0v) is 11.4. The van der Waals surface area contributed by atoms with E-state index in [4.69, 9.17) is 4.42 Å². The number of aliphatic hydroxyl groups excluding tert-OH is 1. The highest BCUT2D eigenvalue weighted by Crippen LogP contribution is 2.34. The van der Waals surface area contributed by atoms with Gasteiger partial charge >= 0.3 is 0 Å². The molecule has 2 aromatic heterocycles. The fourth-order valence-corrected chi connectivity index (χ4v) is 2.49. The summed E-state index contributed by atoms with van der Waals surface area (Å²) in [5, 5.41) is 13.5. The minimum absolute atomic E-state index is 0.384. The molecule has 1 aliphatic carbocycles. The number of aromatic nitrogens is 1. The van der Waals surface area contributed by atoms with Crippen molar-refractivity contribution in [2.75, 3.05) is 6.54 Å². The van der Waals surface area contributed by atoms with Gasteiger partial charge in [0.1, 0.15) is 11.9 Å². The van der Waals surface area contributed by atoms with Gasteiger partial charge in [0.25, 0.3) is 0 Å². The Balaban J connectivity index is 1.55. The molecule has 4 nitrogen and oxygen atoms in total. The molecule has 1 saturated carbocycles. The predicted molar refractivity (Wildman–Crippen MR) is 76.1 cm³/mol. The van der Waals surface area contributed by atoms with Gasteiger partial charge in [-0.05, 0) is 43.0 Å². The highest BCUT2D eigenvalue weighted by atomic mass is 16.4. The lowest BCUT2D eigenvalue weighted by molar-refractivity contribution is 0.141. The van der Waals surface area contributed by atoms with Crippen LogP contribution in [0, 0.1) is 5.92 Å². The second kappa shape index (κ2) is 6.20. The predicted octanol–water partition coefficient (Wildman–Crippen LogP) is 2.32. The fraction of sp³-hybridized carbons (Fsp3) is 0.438. The minimum atomic E-state index is -0.588. The van der Waals surface area contributed by atoms with Crippen molar-refractivity contribution < 1.29 is 9.52 Å². The van der Waals surface area contributed by atoms with Crippen LogP contribution in [0.3, 0.4) is 0 Å². The van der Waals surface area contributed by atoms with E-state index >= 15 is 0 Å². The standard InChI is InChI=1S/C16H20N2O2/c19-15(16-5-3-9-20-16)11-18-14(12-6-7-12)10-13-4-1-2-8-17-13/h1-5,8-9,12,14-15,18-19H,6-7,10-11H2. The molecule has 1 fully saturated rings. The summed E-state index contributed by atoms with van der Waals surface area (Å²) in [6.45, 7) is 0.515. The molecule has 0 radical (unpaired) electrons. The van der Waals surface area contributed by atoms with E-state index < -0.39 is 6.10 Å². The van der Waals surface area contributed by atoms with Gasteiger partial charge < -0.3 is 14.8 Å². The van der Waals surface area contributed by atoms with Crippen LogP contribution < -0.4 is 5.32 Å². The zero-order chi connectivity index (χ0) is 13.8. The van der Waals surface area contributed by atoms with Crippen LogP contribution in [0.5, 0.6) is 0 Å². The Labute approximate surface area is 118 Å². The van der Waals surface area contributed by atoms with Gasteiger partial charge in [-0.2, -0.15) is 0 Å². The molecule has 0 saturated heterocycles. The maximum Gasteiger partial charge on any atom is 0.133 e. The summed E-state index contributed by atoms with van der Waals surface area (Å²) in [5.41, 5.74) is 1.10. The molecule has 0 amide bonds. The van der Waals surface area contributed by atoms with Gasteiger partial charge in [0, 0.05) is 30.9 Å². The zero-order valence-electron chi connectivity index (χ0n) is 11.4. The van der Waals surface area contributed by atoms with Crippen molar-refractivity contribution in [3.05, 3.63) is 54.2 Å². The van der Waals surface area contributed by atoms with E-state index in [-0.39, 0.29) is 0 Å². The summed E-state index contributed by atoms with van der Waals surface area (Å²) in [6.07, 6.45) is 6.27. The number of nitrogens with one attached hydrogen (secondary N) is 1. The average Bonchev–Trinajstić information content (AvgIpc) is 3.18. The number of hydrogen-bond donors (Lipinski definition) is 2. The number of pyridine rings is 1. The molecule has 1 aliphatic rings. The summed E-state index contributed by atoms with van der Waals surface area (Å²) < 4.78 is 5.22. The normalized spacial score (nSPS) is 17.9. The molecule has 2 N–H and O–H groups in total. The highest BCUT2D eigenvalue weighted by Gasteiger charge is 2.31. The SMILES string of the molecule is OC(CNC(Cc1ccccn1)C1CC1)c1ccco1. The maximum atomic E-state index is 10.1. The Morgan fingerprint density at radius 1 is 1.30 bits per heavy atom. The third-order valence-electron chi connectivity index (χ3n) is 3.79. The molecule has 0 aromatic carbocycles. The Bertz CT molecular complexity index is 509.